The second-order valence-corrected chi connectivity index (χ2v) is 5.63. The van der Waals surface area contributed by atoms with E-state index in [0.29, 0.717) is 30.2 Å². The van der Waals surface area contributed by atoms with Gasteiger partial charge in [-0.2, -0.15) is 0 Å². The number of pyridine rings is 2. The average Bonchev–Trinajstić information content (AvgIpc) is 3.02. The summed E-state index contributed by atoms with van der Waals surface area (Å²) in [4.78, 5) is 39.3. The zero-order valence-corrected chi connectivity index (χ0v) is 13.3. The normalized spacial score (nSPS) is 14.6. The maximum atomic E-state index is 12.3. The Morgan fingerprint density at radius 1 is 1.16 bits per heavy atom. The standard InChI is InChI=1S/C16H16N6O3/c23-15(12-3-2-11-14(18-12)21-16(24)19-11)20-13-4-1-10(9-17-13)22-5-7-25-8-6-22/h1-4,9H,5-8H2,(H,17,20,23)(H2,18,19,21,24). The molecule has 4 heterocycles. The first kappa shape index (κ1) is 15.3. The van der Waals surface area contributed by atoms with Crippen LogP contribution in [-0.4, -0.2) is 52.1 Å². The number of rotatable bonds is 3. The maximum absolute atomic E-state index is 12.3. The minimum atomic E-state index is -0.393. The third-order valence-electron chi connectivity index (χ3n) is 3.97. The van der Waals surface area contributed by atoms with Crippen molar-refractivity contribution in [2.75, 3.05) is 36.5 Å². The van der Waals surface area contributed by atoms with Crippen molar-refractivity contribution in [3.63, 3.8) is 0 Å². The third kappa shape index (κ3) is 3.22. The highest BCUT2D eigenvalue weighted by Crippen LogP contribution is 2.17. The molecule has 3 aromatic rings. The molecular weight excluding hydrogens is 324 g/mol. The molecule has 0 bridgehead atoms. The second kappa shape index (κ2) is 6.36. The number of H-pyrrole nitrogens is 2. The molecule has 4 rings (SSSR count). The van der Waals surface area contributed by atoms with Crippen molar-refractivity contribution < 1.29 is 9.53 Å². The van der Waals surface area contributed by atoms with Crippen LogP contribution in [0.3, 0.4) is 0 Å². The number of nitrogens with zero attached hydrogens (tertiary/aromatic N) is 3. The number of ether oxygens (including phenoxy) is 1. The van der Waals surface area contributed by atoms with Crippen LogP contribution in [0.1, 0.15) is 10.5 Å². The van der Waals surface area contributed by atoms with E-state index in [9.17, 15) is 9.59 Å². The molecule has 1 amide bonds. The summed E-state index contributed by atoms with van der Waals surface area (Å²) < 4.78 is 5.33. The summed E-state index contributed by atoms with van der Waals surface area (Å²) in [6, 6.07) is 6.83. The van der Waals surface area contributed by atoms with Crippen molar-refractivity contribution in [3.8, 4) is 0 Å². The Balaban J connectivity index is 1.48. The molecule has 3 N–H and O–H groups in total. The van der Waals surface area contributed by atoms with Gasteiger partial charge in [-0.25, -0.2) is 14.8 Å². The zero-order valence-electron chi connectivity index (χ0n) is 13.3. The molecule has 0 radical (unpaired) electrons. The summed E-state index contributed by atoms with van der Waals surface area (Å²) in [5, 5.41) is 2.70. The highest BCUT2D eigenvalue weighted by Gasteiger charge is 2.13. The lowest BCUT2D eigenvalue weighted by atomic mass is 10.3. The summed E-state index contributed by atoms with van der Waals surface area (Å²) in [5.41, 5.74) is 1.72. The number of nitrogens with one attached hydrogen (secondary N) is 3. The molecule has 9 heteroatoms. The number of hydrogen-bond donors (Lipinski definition) is 3. The molecule has 9 nitrogen and oxygen atoms in total. The van der Waals surface area contributed by atoms with Crippen LogP contribution in [0.5, 0.6) is 0 Å². The molecule has 1 aliphatic heterocycles. The second-order valence-electron chi connectivity index (χ2n) is 5.63. The summed E-state index contributed by atoms with van der Waals surface area (Å²) >= 11 is 0. The monoisotopic (exact) mass is 340 g/mol. The number of aromatic amines is 2. The summed E-state index contributed by atoms with van der Waals surface area (Å²) in [6.07, 6.45) is 1.72. The molecular formula is C16H16N6O3. The largest absolute Gasteiger partial charge is 0.378 e. The molecule has 0 spiro atoms. The summed E-state index contributed by atoms with van der Waals surface area (Å²) in [6.45, 7) is 3.06. The fourth-order valence-corrected chi connectivity index (χ4v) is 2.69. The highest BCUT2D eigenvalue weighted by atomic mass is 16.5. The van der Waals surface area contributed by atoms with Gasteiger partial charge in [0, 0.05) is 13.1 Å². The van der Waals surface area contributed by atoms with E-state index in [1.807, 2.05) is 6.07 Å². The molecule has 128 valence electrons. The van der Waals surface area contributed by atoms with Gasteiger partial charge in [0.1, 0.15) is 11.5 Å². The van der Waals surface area contributed by atoms with Gasteiger partial charge in [0.15, 0.2) is 5.65 Å². The first-order valence-electron chi connectivity index (χ1n) is 7.88. The number of amides is 1. The number of aromatic nitrogens is 4. The van der Waals surface area contributed by atoms with Crippen LogP contribution in [0.25, 0.3) is 11.2 Å². The van der Waals surface area contributed by atoms with Crippen molar-refractivity contribution in [3.05, 3.63) is 46.6 Å². The minimum absolute atomic E-state index is 0.196. The SMILES string of the molecule is O=C(Nc1ccc(N2CCOCC2)cn1)c1ccc2[nH]c(=O)[nH]c2n1. The first-order chi connectivity index (χ1) is 12.2. The minimum Gasteiger partial charge on any atom is -0.378 e. The number of anilines is 2. The Morgan fingerprint density at radius 2 is 2.00 bits per heavy atom. The average molecular weight is 340 g/mol. The quantitative estimate of drug-likeness (QED) is 0.647. The van der Waals surface area contributed by atoms with Crippen LogP contribution in [0, 0.1) is 0 Å². The molecule has 0 aliphatic carbocycles. The van der Waals surface area contributed by atoms with Crippen LogP contribution < -0.4 is 15.9 Å². The predicted molar refractivity (Wildman–Crippen MR) is 91.9 cm³/mol. The van der Waals surface area contributed by atoms with Crippen molar-refractivity contribution >= 4 is 28.6 Å². The molecule has 0 saturated carbocycles. The zero-order chi connectivity index (χ0) is 17.2. The van der Waals surface area contributed by atoms with Gasteiger partial charge in [0.05, 0.1) is 30.6 Å². The first-order valence-corrected chi connectivity index (χ1v) is 7.88. The molecule has 1 aliphatic rings. The van der Waals surface area contributed by atoms with Crippen LogP contribution in [0.2, 0.25) is 0 Å². The van der Waals surface area contributed by atoms with Gasteiger partial charge in [-0.1, -0.05) is 0 Å². The third-order valence-corrected chi connectivity index (χ3v) is 3.97. The fraction of sp³-hybridized carbons (Fsp3) is 0.250. The number of fused-ring (bicyclic) bond motifs is 1. The number of carbonyl (C=O) groups is 1. The van der Waals surface area contributed by atoms with E-state index >= 15 is 0 Å². The van der Waals surface area contributed by atoms with Crippen LogP contribution >= 0.6 is 0 Å². The maximum Gasteiger partial charge on any atom is 0.325 e. The predicted octanol–water partition coefficient (Wildman–Crippen LogP) is 0.735. The van der Waals surface area contributed by atoms with Gasteiger partial charge in [-0.15, -0.1) is 0 Å². The molecule has 25 heavy (non-hydrogen) atoms. The van der Waals surface area contributed by atoms with E-state index < -0.39 is 5.91 Å². The van der Waals surface area contributed by atoms with Gasteiger partial charge in [-0.05, 0) is 24.3 Å². The van der Waals surface area contributed by atoms with E-state index in [2.05, 4.69) is 30.2 Å². The van der Waals surface area contributed by atoms with Crippen molar-refractivity contribution in [2.24, 2.45) is 0 Å². The Labute approximate surface area is 142 Å². The lowest BCUT2D eigenvalue weighted by Crippen LogP contribution is -2.36. The topological polar surface area (TPSA) is 116 Å². The molecule has 0 unspecified atom stereocenters. The Bertz CT molecular complexity index is 956. The van der Waals surface area contributed by atoms with E-state index in [-0.39, 0.29) is 11.4 Å². The van der Waals surface area contributed by atoms with Gasteiger partial charge in [0.2, 0.25) is 0 Å². The van der Waals surface area contributed by atoms with Crippen LogP contribution in [0.15, 0.2) is 35.3 Å². The van der Waals surface area contributed by atoms with Gasteiger partial charge >= 0.3 is 5.69 Å². The Morgan fingerprint density at radius 3 is 2.76 bits per heavy atom. The number of imidazole rings is 1. The molecule has 1 saturated heterocycles. The summed E-state index contributed by atoms with van der Waals surface area (Å²) in [7, 11) is 0. The van der Waals surface area contributed by atoms with Gasteiger partial charge in [-0.3, -0.25) is 9.78 Å². The van der Waals surface area contributed by atoms with Crippen molar-refractivity contribution in [2.45, 2.75) is 0 Å². The van der Waals surface area contributed by atoms with E-state index in [1.165, 1.54) is 0 Å². The Hall–Kier alpha value is -3.20. The van der Waals surface area contributed by atoms with E-state index in [1.54, 1.807) is 24.4 Å². The molecule has 0 aromatic carbocycles. The molecule has 0 atom stereocenters. The summed E-state index contributed by atoms with van der Waals surface area (Å²) in [5.74, 6) is 0.0436. The number of morpholine rings is 1. The fourth-order valence-electron chi connectivity index (χ4n) is 2.69. The van der Waals surface area contributed by atoms with Gasteiger partial charge < -0.3 is 19.9 Å². The number of hydrogen-bond acceptors (Lipinski definition) is 6. The molecule has 3 aromatic heterocycles. The van der Waals surface area contributed by atoms with Crippen LogP contribution in [-0.2, 0) is 4.74 Å². The van der Waals surface area contributed by atoms with Crippen molar-refractivity contribution in [1.82, 2.24) is 19.9 Å². The lowest BCUT2D eigenvalue weighted by Gasteiger charge is -2.28. The highest BCUT2D eigenvalue weighted by molar-refractivity contribution is 6.03. The van der Waals surface area contributed by atoms with Gasteiger partial charge in [0.25, 0.3) is 5.91 Å². The molecule has 1 fully saturated rings. The van der Waals surface area contributed by atoms with E-state index in [0.717, 1.165) is 18.8 Å². The number of carbonyl (C=O) groups excluding carboxylic acids is 1. The van der Waals surface area contributed by atoms with Crippen LogP contribution in [0.4, 0.5) is 11.5 Å². The Kier molecular flexibility index (Phi) is 3.90. The van der Waals surface area contributed by atoms with Crippen molar-refractivity contribution in [1.29, 1.82) is 0 Å². The van der Waals surface area contributed by atoms with E-state index in [4.69, 9.17) is 4.74 Å². The smallest absolute Gasteiger partial charge is 0.325 e. The lowest BCUT2D eigenvalue weighted by molar-refractivity contribution is 0.102.